The van der Waals surface area contributed by atoms with Gasteiger partial charge >= 0.3 is 0 Å². The summed E-state index contributed by atoms with van der Waals surface area (Å²) in [5.41, 5.74) is 8.49. The Balaban J connectivity index is 1.81. The number of nitrogens with zero attached hydrogens (tertiary/aromatic N) is 1. The Kier molecular flexibility index (Phi) is 3.02. The van der Waals surface area contributed by atoms with Gasteiger partial charge in [0.05, 0.1) is 0 Å². The lowest BCUT2D eigenvalue weighted by atomic mass is 10.2. The number of aromatic nitrogens is 1. The Morgan fingerprint density at radius 2 is 2.10 bits per heavy atom. The number of hydrogen-bond donors (Lipinski definition) is 1. The van der Waals surface area contributed by atoms with Gasteiger partial charge in [0, 0.05) is 11.8 Å². The monoisotopic (exact) mass is 272 g/mol. The first-order valence-electron chi connectivity index (χ1n) is 6.16. The van der Waals surface area contributed by atoms with E-state index in [1.54, 1.807) is 24.3 Å². The van der Waals surface area contributed by atoms with E-state index in [0.717, 1.165) is 5.56 Å². The molecule has 0 aliphatic carbocycles. The van der Waals surface area contributed by atoms with Gasteiger partial charge in [0.15, 0.2) is 12.2 Å². The van der Waals surface area contributed by atoms with Gasteiger partial charge in [-0.3, -0.25) is 0 Å². The summed E-state index contributed by atoms with van der Waals surface area (Å²) in [5, 5.41) is 0. The summed E-state index contributed by atoms with van der Waals surface area (Å²) >= 11 is 0. The molecule has 1 aromatic heterocycles. The predicted molar refractivity (Wildman–Crippen MR) is 73.9 cm³/mol. The molecule has 0 saturated carbocycles. The van der Waals surface area contributed by atoms with Gasteiger partial charge in [-0.25, -0.2) is 9.37 Å². The molecular formula is C15H13FN2O2. The maximum absolute atomic E-state index is 13.2. The average Bonchev–Trinajstić information content (AvgIpc) is 2.81. The number of aryl methyl sites for hydroxylation is 1. The third-order valence-corrected chi connectivity index (χ3v) is 2.96. The highest BCUT2D eigenvalue weighted by Gasteiger charge is 2.08. The second kappa shape index (κ2) is 4.85. The summed E-state index contributed by atoms with van der Waals surface area (Å²) in [7, 11) is 0. The molecular weight excluding hydrogens is 259 g/mol. The van der Waals surface area contributed by atoms with Crippen LogP contribution in [0, 0.1) is 12.7 Å². The quantitative estimate of drug-likeness (QED) is 0.742. The molecule has 0 unspecified atom stereocenters. The largest absolute Gasteiger partial charge is 0.483 e. The van der Waals surface area contributed by atoms with E-state index in [9.17, 15) is 4.39 Å². The molecule has 0 amide bonds. The fourth-order valence-corrected chi connectivity index (χ4v) is 1.92. The molecule has 0 bridgehead atoms. The molecule has 0 fully saturated rings. The van der Waals surface area contributed by atoms with Gasteiger partial charge in [0.25, 0.3) is 0 Å². The zero-order valence-electron chi connectivity index (χ0n) is 10.9. The van der Waals surface area contributed by atoms with E-state index in [0.29, 0.717) is 28.4 Å². The second-order valence-electron chi connectivity index (χ2n) is 4.53. The molecule has 1 heterocycles. The van der Waals surface area contributed by atoms with Crippen LogP contribution in [0.15, 0.2) is 40.8 Å². The first-order valence-corrected chi connectivity index (χ1v) is 6.16. The number of rotatable bonds is 3. The Morgan fingerprint density at radius 3 is 2.95 bits per heavy atom. The minimum atomic E-state index is -0.337. The summed E-state index contributed by atoms with van der Waals surface area (Å²) in [6.07, 6.45) is 0. The van der Waals surface area contributed by atoms with Gasteiger partial charge in [-0.15, -0.1) is 0 Å². The van der Waals surface area contributed by atoms with E-state index in [1.807, 2.05) is 6.92 Å². The lowest BCUT2D eigenvalue weighted by molar-refractivity contribution is 0.264. The van der Waals surface area contributed by atoms with Gasteiger partial charge in [0.2, 0.25) is 5.89 Å². The Hall–Kier alpha value is -2.56. The average molecular weight is 272 g/mol. The van der Waals surface area contributed by atoms with Crippen LogP contribution in [0.4, 0.5) is 10.1 Å². The Morgan fingerprint density at radius 1 is 1.25 bits per heavy atom. The van der Waals surface area contributed by atoms with Crippen molar-refractivity contribution in [2.24, 2.45) is 0 Å². The number of oxazole rings is 1. The van der Waals surface area contributed by atoms with Crippen LogP contribution in [-0.2, 0) is 6.61 Å². The van der Waals surface area contributed by atoms with Crippen LogP contribution in [-0.4, -0.2) is 4.98 Å². The fraction of sp³-hybridized carbons (Fsp3) is 0.133. The standard InChI is InChI=1S/C15H13FN2O2/c1-9-2-3-10(16)6-14(9)19-8-15-18-12-7-11(17)4-5-13(12)20-15/h2-7H,8,17H2,1H3. The lowest BCUT2D eigenvalue weighted by Gasteiger charge is -2.06. The van der Waals surface area contributed by atoms with Crippen LogP contribution < -0.4 is 10.5 Å². The topological polar surface area (TPSA) is 61.3 Å². The van der Waals surface area contributed by atoms with Crippen molar-refractivity contribution in [3.8, 4) is 5.75 Å². The smallest absolute Gasteiger partial charge is 0.233 e. The number of halogens is 1. The molecule has 0 atom stereocenters. The Bertz CT molecular complexity index is 768. The molecule has 4 nitrogen and oxygen atoms in total. The van der Waals surface area contributed by atoms with Crippen molar-refractivity contribution in [1.82, 2.24) is 4.98 Å². The number of nitrogen functional groups attached to an aromatic ring is 1. The first-order chi connectivity index (χ1) is 9.61. The van der Waals surface area contributed by atoms with Crippen molar-refractivity contribution >= 4 is 16.8 Å². The summed E-state index contributed by atoms with van der Waals surface area (Å²) in [4.78, 5) is 4.28. The first kappa shape index (κ1) is 12.5. The molecule has 0 spiro atoms. The molecule has 0 aliphatic heterocycles. The van der Waals surface area contributed by atoms with Gasteiger partial charge in [-0.1, -0.05) is 6.07 Å². The molecule has 3 rings (SSSR count). The van der Waals surface area contributed by atoms with Gasteiger partial charge in [-0.05, 0) is 36.8 Å². The van der Waals surface area contributed by atoms with Gasteiger partial charge in [-0.2, -0.15) is 0 Å². The highest BCUT2D eigenvalue weighted by Crippen LogP contribution is 2.22. The molecule has 0 aliphatic rings. The summed E-state index contributed by atoms with van der Waals surface area (Å²) < 4.78 is 24.2. The van der Waals surface area contributed by atoms with Crippen LogP contribution in [0.2, 0.25) is 0 Å². The van der Waals surface area contributed by atoms with E-state index in [4.69, 9.17) is 14.9 Å². The van der Waals surface area contributed by atoms with E-state index >= 15 is 0 Å². The zero-order chi connectivity index (χ0) is 14.1. The van der Waals surface area contributed by atoms with Crippen molar-refractivity contribution in [3.63, 3.8) is 0 Å². The third kappa shape index (κ3) is 2.42. The SMILES string of the molecule is Cc1ccc(F)cc1OCc1nc2cc(N)ccc2o1. The molecule has 0 saturated heterocycles. The van der Waals surface area contributed by atoms with Crippen molar-refractivity contribution < 1.29 is 13.5 Å². The number of benzene rings is 2. The molecule has 2 aromatic carbocycles. The third-order valence-electron chi connectivity index (χ3n) is 2.96. The van der Waals surface area contributed by atoms with E-state index in [-0.39, 0.29) is 12.4 Å². The molecule has 5 heteroatoms. The van der Waals surface area contributed by atoms with Crippen LogP contribution in [0.3, 0.4) is 0 Å². The molecule has 102 valence electrons. The van der Waals surface area contributed by atoms with Crippen LogP contribution >= 0.6 is 0 Å². The number of anilines is 1. The highest BCUT2D eigenvalue weighted by atomic mass is 19.1. The zero-order valence-corrected chi connectivity index (χ0v) is 10.9. The number of nitrogens with two attached hydrogens (primary N) is 1. The molecule has 2 N–H and O–H groups in total. The minimum absolute atomic E-state index is 0.138. The van der Waals surface area contributed by atoms with Crippen molar-refractivity contribution in [2.75, 3.05) is 5.73 Å². The maximum atomic E-state index is 13.2. The van der Waals surface area contributed by atoms with Gasteiger partial charge in [0.1, 0.15) is 17.1 Å². The normalized spacial score (nSPS) is 10.9. The highest BCUT2D eigenvalue weighted by molar-refractivity contribution is 5.76. The van der Waals surface area contributed by atoms with E-state index in [1.165, 1.54) is 12.1 Å². The summed E-state index contributed by atoms with van der Waals surface area (Å²) in [5.74, 6) is 0.567. The number of hydrogen-bond acceptors (Lipinski definition) is 4. The molecule has 0 radical (unpaired) electrons. The Labute approximate surface area is 115 Å². The summed E-state index contributed by atoms with van der Waals surface area (Å²) in [6.45, 7) is 1.99. The summed E-state index contributed by atoms with van der Waals surface area (Å²) in [6, 6.07) is 9.64. The van der Waals surface area contributed by atoms with Crippen molar-refractivity contribution in [2.45, 2.75) is 13.5 Å². The fourth-order valence-electron chi connectivity index (χ4n) is 1.92. The van der Waals surface area contributed by atoms with Crippen LogP contribution in [0.25, 0.3) is 11.1 Å². The molecule has 20 heavy (non-hydrogen) atoms. The van der Waals surface area contributed by atoms with Crippen molar-refractivity contribution in [1.29, 1.82) is 0 Å². The van der Waals surface area contributed by atoms with E-state index in [2.05, 4.69) is 4.98 Å². The van der Waals surface area contributed by atoms with Crippen molar-refractivity contribution in [3.05, 3.63) is 53.7 Å². The van der Waals surface area contributed by atoms with Gasteiger partial charge < -0.3 is 14.9 Å². The molecule has 3 aromatic rings. The maximum Gasteiger partial charge on any atom is 0.233 e. The predicted octanol–water partition coefficient (Wildman–Crippen LogP) is 3.44. The van der Waals surface area contributed by atoms with E-state index < -0.39 is 0 Å². The van der Waals surface area contributed by atoms with Crippen LogP contribution in [0.5, 0.6) is 5.75 Å². The second-order valence-corrected chi connectivity index (χ2v) is 4.53. The number of ether oxygens (including phenoxy) is 1. The lowest BCUT2D eigenvalue weighted by Crippen LogP contribution is -1.97. The minimum Gasteiger partial charge on any atom is -0.483 e. The number of fused-ring (bicyclic) bond motifs is 1. The van der Waals surface area contributed by atoms with Crippen LogP contribution in [0.1, 0.15) is 11.5 Å².